The zero-order valence-electron chi connectivity index (χ0n) is 14.5. The topological polar surface area (TPSA) is 104 Å². The highest BCUT2D eigenvalue weighted by atomic mass is 79.9. The lowest BCUT2D eigenvalue weighted by Gasteiger charge is -2.32. The van der Waals surface area contributed by atoms with Crippen LogP contribution in [-0.2, 0) is 9.53 Å². The van der Waals surface area contributed by atoms with Crippen molar-refractivity contribution in [1.82, 2.24) is 20.7 Å². The Morgan fingerprint density at radius 3 is 2.40 bits per heavy atom. The molecule has 0 aliphatic carbocycles. The van der Waals surface area contributed by atoms with Gasteiger partial charge in [0.1, 0.15) is 11.3 Å². The third-order valence-corrected chi connectivity index (χ3v) is 4.17. The number of halogens is 1. The highest BCUT2D eigenvalue weighted by Crippen LogP contribution is 2.19. The van der Waals surface area contributed by atoms with Gasteiger partial charge in [0.25, 0.3) is 5.91 Å². The number of hydrogen-bond donors (Lipinski definition) is 3. The van der Waals surface area contributed by atoms with Crippen LogP contribution in [0.25, 0.3) is 0 Å². The van der Waals surface area contributed by atoms with Crippen molar-refractivity contribution in [2.75, 3.05) is 13.1 Å². The van der Waals surface area contributed by atoms with Crippen LogP contribution in [0, 0.1) is 5.92 Å². The molecule has 0 saturated carbocycles. The molecule has 138 valence electrons. The van der Waals surface area contributed by atoms with Crippen molar-refractivity contribution in [2.24, 2.45) is 5.92 Å². The van der Waals surface area contributed by atoms with Crippen LogP contribution in [0.2, 0.25) is 0 Å². The molecule has 3 amide bonds. The average Bonchev–Trinajstić information content (AvgIpc) is 2.97. The molecule has 1 aliphatic rings. The van der Waals surface area contributed by atoms with Crippen LogP contribution in [0.4, 0.5) is 4.79 Å². The van der Waals surface area contributed by atoms with Gasteiger partial charge < -0.3 is 14.6 Å². The zero-order chi connectivity index (χ0) is 18.6. The molecular formula is C16H23BrN4O4. The summed E-state index contributed by atoms with van der Waals surface area (Å²) in [7, 11) is 0. The molecular weight excluding hydrogens is 392 g/mol. The minimum absolute atomic E-state index is 0.255. The number of aromatic nitrogens is 1. The first-order valence-electron chi connectivity index (χ1n) is 8.08. The summed E-state index contributed by atoms with van der Waals surface area (Å²) >= 11 is 3.24. The highest BCUT2D eigenvalue weighted by Gasteiger charge is 2.30. The van der Waals surface area contributed by atoms with Gasteiger partial charge in [0.15, 0.2) is 0 Å². The second-order valence-corrected chi connectivity index (χ2v) is 7.83. The van der Waals surface area contributed by atoms with Gasteiger partial charge in [-0.25, -0.2) is 4.79 Å². The van der Waals surface area contributed by atoms with E-state index in [2.05, 4.69) is 31.8 Å². The Hall–Kier alpha value is -2.03. The molecule has 1 aliphatic heterocycles. The number of nitrogens with one attached hydrogen (secondary N) is 3. The molecule has 0 spiro atoms. The Bertz CT molecular complexity index is 645. The van der Waals surface area contributed by atoms with Crippen LogP contribution in [0.15, 0.2) is 16.7 Å². The largest absolute Gasteiger partial charge is 0.444 e. The Labute approximate surface area is 154 Å². The molecule has 0 atom stereocenters. The van der Waals surface area contributed by atoms with E-state index in [1.165, 1.54) is 0 Å². The van der Waals surface area contributed by atoms with Gasteiger partial charge in [-0.1, -0.05) is 0 Å². The van der Waals surface area contributed by atoms with Crippen molar-refractivity contribution in [2.45, 2.75) is 39.2 Å². The van der Waals surface area contributed by atoms with Gasteiger partial charge in [-0.15, -0.1) is 0 Å². The summed E-state index contributed by atoms with van der Waals surface area (Å²) < 4.78 is 6.07. The molecule has 2 heterocycles. The predicted octanol–water partition coefficient (Wildman–Crippen LogP) is 2.19. The first-order chi connectivity index (χ1) is 11.7. The third kappa shape index (κ3) is 5.77. The van der Waals surface area contributed by atoms with Crippen LogP contribution >= 0.6 is 15.9 Å². The number of ether oxygens (including phenoxy) is 1. The number of nitrogens with zero attached hydrogens (tertiary/aromatic N) is 1. The fourth-order valence-corrected chi connectivity index (χ4v) is 2.78. The molecule has 1 saturated heterocycles. The van der Waals surface area contributed by atoms with Crippen LogP contribution in [-0.4, -0.2) is 46.5 Å². The fraction of sp³-hybridized carbons (Fsp3) is 0.562. The lowest BCUT2D eigenvalue weighted by atomic mass is 9.96. The van der Waals surface area contributed by atoms with Crippen molar-refractivity contribution in [1.29, 1.82) is 0 Å². The first-order valence-corrected chi connectivity index (χ1v) is 8.87. The van der Waals surface area contributed by atoms with Gasteiger partial charge in [0.2, 0.25) is 5.91 Å². The van der Waals surface area contributed by atoms with Crippen LogP contribution in [0.1, 0.15) is 44.1 Å². The summed E-state index contributed by atoms with van der Waals surface area (Å²) in [6.07, 6.45) is 2.31. The Kier molecular flexibility index (Phi) is 6.10. The van der Waals surface area contributed by atoms with E-state index in [-0.39, 0.29) is 17.9 Å². The molecule has 3 N–H and O–H groups in total. The second-order valence-electron chi connectivity index (χ2n) is 6.92. The summed E-state index contributed by atoms with van der Waals surface area (Å²) in [6.45, 7) is 6.35. The number of hydrogen-bond acceptors (Lipinski definition) is 4. The van der Waals surface area contributed by atoms with E-state index in [0.29, 0.717) is 31.6 Å². The molecule has 9 heteroatoms. The summed E-state index contributed by atoms with van der Waals surface area (Å²) in [4.78, 5) is 40.4. The standard InChI is InChI=1S/C16H23BrN4O4/c1-16(2,3)25-15(24)21-6-4-10(5-7-21)13(22)19-20-14(23)12-8-11(17)9-18-12/h8-10,18H,4-7H2,1-3H3,(H,19,22)(H,20,23). The smallest absolute Gasteiger partial charge is 0.410 e. The van der Waals surface area contributed by atoms with Crippen molar-refractivity contribution in [3.8, 4) is 0 Å². The fourth-order valence-electron chi connectivity index (χ4n) is 2.44. The molecule has 0 unspecified atom stereocenters. The lowest BCUT2D eigenvalue weighted by molar-refractivity contribution is -0.127. The van der Waals surface area contributed by atoms with Crippen molar-refractivity contribution >= 4 is 33.8 Å². The normalized spacial score (nSPS) is 15.6. The van der Waals surface area contributed by atoms with Gasteiger partial charge >= 0.3 is 6.09 Å². The Morgan fingerprint density at radius 2 is 1.88 bits per heavy atom. The number of aromatic amines is 1. The van der Waals surface area contributed by atoms with Crippen molar-refractivity contribution in [3.63, 3.8) is 0 Å². The molecule has 1 aromatic rings. The summed E-state index contributed by atoms with van der Waals surface area (Å²) in [5, 5.41) is 0. The number of amides is 3. The predicted molar refractivity (Wildman–Crippen MR) is 94.6 cm³/mol. The number of H-pyrrole nitrogens is 1. The minimum atomic E-state index is -0.539. The molecule has 0 aromatic carbocycles. The molecule has 2 rings (SSSR count). The highest BCUT2D eigenvalue weighted by molar-refractivity contribution is 9.10. The van der Waals surface area contributed by atoms with Gasteiger partial charge in [-0.05, 0) is 55.6 Å². The summed E-state index contributed by atoms with van der Waals surface area (Å²) in [5.41, 5.74) is 4.61. The number of piperidine rings is 1. The maximum absolute atomic E-state index is 12.2. The second kappa shape index (κ2) is 7.90. The van der Waals surface area contributed by atoms with E-state index in [0.717, 1.165) is 4.47 Å². The Morgan fingerprint density at radius 1 is 1.24 bits per heavy atom. The van der Waals surface area contributed by atoms with E-state index in [9.17, 15) is 14.4 Å². The molecule has 0 bridgehead atoms. The third-order valence-electron chi connectivity index (χ3n) is 3.71. The first kappa shape index (κ1) is 19.3. The summed E-state index contributed by atoms with van der Waals surface area (Å²) in [6, 6.07) is 1.61. The monoisotopic (exact) mass is 414 g/mol. The number of rotatable bonds is 2. The van der Waals surface area contributed by atoms with E-state index in [1.807, 2.05) is 20.8 Å². The number of hydrazine groups is 1. The SMILES string of the molecule is CC(C)(C)OC(=O)N1CCC(C(=O)NNC(=O)c2cc(Br)c[nH]2)CC1. The van der Waals surface area contributed by atoms with Crippen LogP contribution in [0.3, 0.4) is 0 Å². The number of likely N-dealkylation sites (tertiary alicyclic amines) is 1. The van der Waals surface area contributed by atoms with Gasteiger partial charge in [0.05, 0.1) is 0 Å². The Balaban J connectivity index is 1.75. The van der Waals surface area contributed by atoms with E-state index >= 15 is 0 Å². The number of carbonyl (C=O) groups excluding carboxylic acids is 3. The van der Waals surface area contributed by atoms with E-state index < -0.39 is 11.5 Å². The van der Waals surface area contributed by atoms with Gasteiger partial charge in [-0.2, -0.15) is 0 Å². The van der Waals surface area contributed by atoms with E-state index in [1.54, 1.807) is 17.2 Å². The van der Waals surface area contributed by atoms with Crippen LogP contribution < -0.4 is 10.9 Å². The molecule has 1 fully saturated rings. The molecule has 25 heavy (non-hydrogen) atoms. The number of carbonyl (C=O) groups is 3. The maximum atomic E-state index is 12.2. The summed E-state index contributed by atoms with van der Waals surface area (Å²) in [5.74, 6) is -0.942. The van der Waals surface area contributed by atoms with Crippen molar-refractivity contribution in [3.05, 3.63) is 22.4 Å². The quantitative estimate of drug-likeness (QED) is 0.645. The minimum Gasteiger partial charge on any atom is -0.444 e. The van der Waals surface area contributed by atoms with Crippen LogP contribution in [0.5, 0.6) is 0 Å². The van der Waals surface area contributed by atoms with Gasteiger partial charge in [0, 0.05) is 29.7 Å². The molecule has 1 aromatic heterocycles. The average molecular weight is 415 g/mol. The van der Waals surface area contributed by atoms with E-state index in [4.69, 9.17) is 4.74 Å². The van der Waals surface area contributed by atoms with Gasteiger partial charge in [-0.3, -0.25) is 20.4 Å². The lowest BCUT2D eigenvalue weighted by Crippen LogP contribution is -2.48. The molecule has 0 radical (unpaired) electrons. The zero-order valence-corrected chi connectivity index (χ0v) is 16.1. The molecule has 8 nitrogen and oxygen atoms in total. The van der Waals surface area contributed by atoms with Crippen molar-refractivity contribution < 1.29 is 19.1 Å². The maximum Gasteiger partial charge on any atom is 0.410 e.